The molecule has 1 radical (unpaired) electrons. The van der Waals surface area contributed by atoms with E-state index < -0.39 is 24.9 Å². The lowest BCUT2D eigenvalue weighted by atomic mass is 10.2. The van der Waals surface area contributed by atoms with Crippen molar-refractivity contribution >= 4 is 50.9 Å². The summed E-state index contributed by atoms with van der Waals surface area (Å²) in [5.74, 6) is 0. The van der Waals surface area contributed by atoms with Crippen LogP contribution in [0.2, 0.25) is 39.3 Å². The SMILES string of the molecule is Cc1cc(C)cc([Si](c2ccc([Si](C)(C)C)cc2)c2ccc([Si](C)(C)C)cc2)c1. The Hall–Kier alpha value is -1.69. The maximum Gasteiger partial charge on any atom is 0.154 e. The van der Waals surface area contributed by atoms with Gasteiger partial charge < -0.3 is 0 Å². The average molecular weight is 432 g/mol. The van der Waals surface area contributed by atoms with Gasteiger partial charge in [0.2, 0.25) is 0 Å². The zero-order valence-electron chi connectivity index (χ0n) is 19.4. The molecule has 29 heavy (non-hydrogen) atoms. The Morgan fingerprint density at radius 1 is 0.483 bits per heavy atom. The van der Waals surface area contributed by atoms with Crippen molar-refractivity contribution in [1.82, 2.24) is 0 Å². The van der Waals surface area contributed by atoms with E-state index in [0.29, 0.717) is 0 Å². The minimum absolute atomic E-state index is 1.01. The van der Waals surface area contributed by atoms with Crippen LogP contribution in [0.15, 0.2) is 66.7 Å². The Labute approximate surface area is 181 Å². The van der Waals surface area contributed by atoms with Gasteiger partial charge in [0.15, 0.2) is 8.80 Å². The Bertz CT molecular complexity index is 895. The van der Waals surface area contributed by atoms with Gasteiger partial charge in [0, 0.05) is 0 Å². The van der Waals surface area contributed by atoms with Crippen molar-refractivity contribution in [3.63, 3.8) is 0 Å². The summed E-state index contributed by atoms with van der Waals surface area (Å²) in [6.07, 6.45) is 0. The Morgan fingerprint density at radius 3 is 1.14 bits per heavy atom. The third kappa shape index (κ3) is 5.27. The Balaban J connectivity index is 2.12. The maximum atomic E-state index is 2.42. The molecule has 0 aromatic heterocycles. The van der Waals surface area contributed by atoms with E-state index in [1.54, 1.807) is 0 Å². The molecule has 0 atom stereocenters. The predicted molar refractivity (Wildman–Crippen MR) is 139 cm³/mol. The van der Waals surface area contributed by atoms with E-state index in [1.807, 2.05) is 0 Å². The molecule has 0 unspecified atom stereocenters. The fraction of sp³-hybridized carbons (Fsp3) is 0.308. The van der Waals surface area contributed by atoms with E-state index in [0.717, 1.165) is 0 Å². The molecule has 0 heterocycles. The molecule has 0 aliphatic heterocycles. The van der Waals surface area contributed by atoms with E-state index >= 15 is 0 Å². The summed E-state index contributed by atoms with van der Waals surface area (Å²) in [6, 6.07) is 26.3. The first kappa shape index (κ1) is 22.0. The molecular weight excluding hydrogens is 397 g/mol. The molecule has 0 saturated heterocycles. The third-order valence-electron chi connectivity index (χ3n) is 5.59. The van der Waals surface area contributed by atoms with Crippen LogP contribution in [0.5, 0.6) is 0 Å². The van der Waals surface area contributed by atoms with Crippen molar-refractivity contribution in [2.45, 2.75) is 53.1 Å². The van der Waals surface area contributed by atoms with Gasteiger partial charge >= 0.3 is 0 Å². The summed E-state index contributed by atoms with van der Waals surface area (Å²) in [6.45, 7) is 19.0. The number of rotatable bonds is 5. The molecular formula is C26H35Si3. The summed E-state index contributed by atoms with van der Waals surface area (Å²) in [7, 11) is -3.57. The van der Waals surface area contributed by atoms with Gasteiger partial charge in [-0.15, -0.1) is 0 Å². The van der Waals surface area contributed by atoms with Crippen LogP contribution in [-0.4, -0.2) is 24.9 Å². The second-order valence-corrected chi connectivity index (χ2v) is 23.0. The molecule has 0 fully saturated rings. The first-order chi connectivity index (χ1) is 13.4. The van der Waals surface area contributed by atoms with Gasteiger partial charge in [-0.2, -0.15) is 0 Å². The second kappa shape index (κ2) is 8.21. The first-order valence-electron chi connectivity index (χ1n) is 10.6. The van der Waals surface area contributed by atoms with Crippen molar-refractivity contribution in [2.75, 3.05) is 0 Å². The summed E-state index contributed by atoms with van der Waals surface area (Å²) >= 11 is 0. The van der Waals surface area contributed by atoms with E-state index in [4.69, 9.17) is 0 Å². The van der Waals surface area contributed by atoms with Crippen LogP contribution in [0.25, 0.3) is 0 Å². The van der Waals surface area contributed by atoms with Gasteiger partial charge in [-0.1, -0.05) is 143 Å². The molecule has 0 N–H and O–H groups in total. The molecule has 0 spiro atoms. The highest BCUT2D eigenvalue weighted by atomic mass is 28.3. The van der Waals surface area contributed by atoms with Crippen molar-refractivity contribution in [3.8, 4) is 0 Å². The summed E-state index contributed by atoms with van der Waals surface area (Å²) in [4.78, 5) is 0. The molecule has 0 aliphatic carbocycles. The molecule has 0 amide bonds. The molecule has 151 valence electrons. The maximum absolute atomic E-state index is 2.42. The smallest absolute Gasteiger partial charge is 0.0656 e. The van der Waals surface area contributed by atoms with Gasteiger partial charge in [-0.25, -0.2) is 0 Å². The monoisotopic (exact) mass is 431 g/mol. The molecule has 3 aromatic rings. The van der Waals surface area contributed by atoms with Gasteiger partial charge in [0.25, 0.3) is 0 Å². The van der Waals surface area contributed by atoms with Crippen LogP contribution < -0.4 is 25.9 Å². The lowest BCUT2D eigenvalue weighted by molar-refractivity contribution is 1.40. The molecule has 0 bridgehead atoms. The fourth-order valence-electron chi connectivity index (χ4n) is 3.89. The Kier molecular flexibility index (Phi) is 6.23. The number of hydrogen-bond donors (Lipinski definition) is 0. The normalized spacial score (nSPS) is 12.4. The minimum Gasteiger partial charge on any atom is -0.0656 e. The van der Waals surface area contributed by atoms with E-state index in [1.165, 1.54) is 37.1 Å². The highest BCUT2D eigenvalue weighted by molar-refractivity contribution is 6.96. The van der Waals surface area contributed by atoms with Crippen molar-refractivity contribution in [2.24, 2.45) is 0 Å². The van der Waals surface area contributed by atoms with E-state index in [2.05, 4.69) is 120 Å². The molecule has 3 heteroatoms. The highest BCUT2D eigenvalue weighted by Gasteiger charge is 2.23. The lowest BCUT2D eigenvalue weighted by Gasteiger charge is -2.22. The Morgan fingerprint density at radius 2 is 0.828 bits per heavy atom. The lowest BCUT2D eigenvalue weighted by Crippen LogP contribution is -2.53. The van der Waals surface area contributed by atoms with Crippen LogP contribution in [-0.2, 0) is 0 Å². The second-order valence-electron chi connectivity index (χ2n) is 10.4. The number of benzene rings is 3. The van der Waals surface area contributed by atoms with Crippen molar-refractivity contribution in [3.05, 3.63) is 77.9 Å². The van der Waals surface area contributed by atoms with Gasteiger partial charge in [-0.05, 0) is 13.8 Å². The minimum atomic E-state index is -1.28. The van der Waals surface area contributed by atoms with Crippen LogP contribution in [0.3, 0.4) is 0 Å². The van der Waals surface area contributed by atoms with Crippen LogP contribution >= 0.6 is 0 Å². The standard InChI is InChI=1S/C26H35Si3/c1-20-17-21(2)19-24(18-20)27(22-9-13-25(14-10-22)28(3,4)5)23-11-15-26(16-12-23)29(6,7)8/h9-19H,1-8H3. The zero-order valence-corrected chi connectivity index (χ0v) is 22.4. The molecule has 0 nitrogen and oxygen atoms in total. The number of aryl methyl sites for hydroxylation is 2. The molecule has 0 aliphatic rings. The quantitative estimate of drug-likeness (QED) is 0.424. The van der Waals surface area contributed by atoms with Gasteiger partial charge in [0.05, 0.1) is 16.1 Å². The van der Waals surface area contributed by atoms with E-state index in [-0.39, 0.29) is 0 Å². The summed E-state index contributed by atoms with van der Waals surface area (Å²) in [5, 5.41) is 7.55. The molecule has 3 rings (SSSR count). The zero-order chi connectivity index (χ0) is 21.4. The molecule has 3 aromatic carbocycles. The third-order valence-corrected chi connectivity index (χ3v) is 12.4. The summed E-state index contributed by atoms with van der Waals surface area (Å²) in [5.41, 5.74) is 2.72. The molecule has 0 saturated carbocycles. The average Bonchev–Trinajstić information content (AvgIpc) is 2.60. The summed E-state index contributed by atoms with van der Waals surface area (Å²) < 4.78 is 0. The van der Waals surface area contributed by atoms with Gasteiger partial charge in [0.1, 0.15) is 0 Å². The first-order valence-corrected chi connectivity index (χ1v) is 19.1. The van der Waals surface area contributed by atoms with Crippen LogP contribution in [0, 0.1) is 13.8 Å². The van der Waals surface area contributed by atoms with Crippen molar-refractivity contribution in [1.29, 1.82) is 0 Å². The topological polar surface area (TPSA) is 0 Å². The van der Waals surface area contributed by atoms with Gasteiger partial charge in [-0.3, -0.25) is 0 Å². The highest BCUT2D eigenvalue weighted by Crippen LogP contribution is 2.06. The largest absolute Gasteiger partial charge is 0.154 e. The van der Waals surface area contributed by atoms with E-state index in [9.17, 15) is 0 Å². The van der Waals surface area contributed by atoms with Crippen molar-refractivity contribution < 1.29 is 0 Å². The number of hydrogen-bond acceptors (Lipinski definition) is 0. The fourth-order valence-corrected chi connectivity index (χ4v) is 8.97. The van der Waals surface area contributed by atoms with Crippen LogP contribution in [0.1, 0.15) is 11.1 Å². The van der Waals surface area contributed by atoms with Crippen LogP contribution in [0.4, 0.5) is 0 Å². The predicted octanol–water partition coefficient (Wildman–Crippen LogP) is 3.91.